The molecule has 0 amide bonds. The first-order valence-corrected chi connectivity index (χ1v) is 11.8. The Bertz CT molecular complexity index is 1180. The van der Waals surface area contributed by atoms with Gasteiger partial charge in [0.15, 0.2) is 0 Å². The summed E-state index contributed by atoms with van der Waals surface area (Å²) in [7, 11) is 0. The van der Waals surface area contributed by atoms with Crippen molar-refractivity contribution in [2.24, 2.45) is 4.99 Å². The van der Waals surface area contributed by atoms with E-state index >= 15 is 0 Å². The van der Waals surface area contributed by atoms with Crippen LogP contribution in [0.5, 0.6) is 5.75 Å². The molecule has 0 heterocycles. The molecule has 3 aromatic carbocycles. The minimum atomic E-state index is -4.36. The van der Waals surface area contributed by atoms with Gasteiger partial charge in [-0.15, -0.1) is 0 Å². The number of benzene rings is 3. The highest BCUT2D eigenvalue weighted by Gasteiger charge is 2.30. The average molecular weight is 486 g/mol. The number of aromatic hydroxyl groups is 1. The summed E-state index contributed by atoms with van der Waals surface area (Å²) in [6.07, 6.45) is -2.70. The maximum absolute atomic E-state index is 12.9. The number of phenolic OH excluding ortho intramolecular Hbond substituents is 1. The lowest BCUT2D eigenvalue weighted by Crippen LogP contribution is -2.17. The van der Waals surface area contributed by atoms with E-state index in [0.29, 0.717) is 16.1 Å². The van der Waals surface area contributed by atoms with Gasteiger partial charge in [-0.05, 0) is 58.9 Å². The normalized spacial score (nSPS) is 13.0. The Hall–Kier alpha value is -2.73. The van der Waals surface area contributed by atoms with E-state index in [9.17, 15) is 18.3 Å². The summed E-state index contributed by atoms with van der Waals surface area (Å²) < 4.78 is 38.6. The molecule has 0 saturated carbocycles. The second-order valence-corrected chi connectivity index (χ2v) is 11.4. The van der Waals surface area contributed by atoms with Crippen molar-refractivity contribution in [3.05, 3.63) is 82.9 Å². The Morgan fingerprint density at radius 3 is 1.97 bits per heavy atom. The van der Waals surface area contributed by atoms with E-state index in [4.69, 9.17) is 0 Å². The number of phenols is 1. The van der Waals surface area contributed by atoms with E-state index in [1.165, 1.54) is 23.9 Å². The Balaban J connectivity index is 1.97. The summed E-state index contributed by atoms with van der Waals surface area (Å²) in [4.78, 5) is 6.14. The summed E-state index contributed by atoms with van der Waals surface area (Å²) in [6.45, 7) is 12.6. The second-order valence-electron chi connectivity index (χ2n) is 10.3. The minimum absolute atomic E-state index is 0.105. The molecular formula is C28H30F3NOS. The van der Waals surface area contributed by atoms with Crippen LogP contribution >= 0.6 is 11.8 Å². The highest BCUT2D eigenvalue weighted by molar-refractivity contribution is 7.99. The third-order valence-corrected chi connectivity index (χ3v) is 6.50. The molecule has 3 rings (SSSR count). The molecule has 0 aliphatic rings. The van der Waals surface area contributed by atoms with Gasteiger partial charge >= 0.3 is 6.18 Å². The first-order valence-electron chi connectivity index (χ1n) is 11.0. The molecule has 0 fully saturated rings. The molecule has 180 valence electrons. The van der Waals surface area contributed by atoms with Gasteiger partial charge in [0.2, 0.25) is 0 Å². The predicted molar refractivity (Wildman–Crippen MR) is 135 cm³/mol. The van der Waals surface area contributed by atoms with Gasteiger partial charge in [0.1, 0.15) is 5.75 Å². The van der Waals surface area contributed by atoms with Crippen LogP contribution in [-0.2, 0) is 17.0 Å². The fourth-order valence-electron chi connectivity index (χ4n) is 3.39. The molecule has 0 saturated heterocycles. The number of hydrogen-bond acceptors (Lipinski definition) is 3. The van der Waals surface area contributed by atoms with E-state index in [0.717, 1.165) is 28.2 Å². The molecule has 6 heteroatoms. The van der Waals surface area contributed by atoms with Crippen LogP contribution in [0.4, 0.5) is 18.9 Å². The molecule has 0 atom stereocenters. The standard InChI is InChI=1S/C28H30F3NOS/c1-26(2,3)20-15-18(25(33)22(16-20)27(4,5)6)17-32-23-9-7-8-10-24(23)34-21-13-11-19(12-14-21)28(29,30)31/h7-17,33H,1-6H3. The van der Waals surface area contributed by atoms with Gasteiger partial charge in [0.05, 0.1) is 11.3 Å². The zero-order chi connectivity index (χ0) is 25.3. The molecule has 1 N–H and O–H groups in total. The SMILES string of the molecule is CC(C)(C)c1cc(C=Nc2ccccc2Sc2ccc(C(F)(F)F)cc2)c(O)c(C(C)(C)C)c1. The molecule has 0 spiro atoms. The number of halogens is 3. The zero-order valence-corrected chi connectivity index (χ0v) is 21.1. The van der Waals surface area contributed by atoms with Gasteiger partial charge < -0.3 is 5.11 Å². The van der Waals surface area contributed by atoms with Crippen LogP contribution in [0.2, 0.25) is 0 Å². The molecule has 0 aromatic heterocycles. The summed E-state index contributed by atoms with van der Waals surface area (Å²) >= 11 is 1.34. The fourth-order valence-corrected chi connectivity index (χ4v) is 4.29. The lowest BCUT2D eigenvalue weighted by Gasteiger charge is -2.27. The van der Waals surface area contributed by atoms with Crippen LogP contribution in [0, 0.1) is 0 Å². The molecule has 3 aromatic rings. The first kappa shape index (κ1) is 25.9. The fraction of sp³-hybridized carbons (Fsp3) is 0.321. The van der Waals surface area contributed by atoms with Crippen LogP contribution in [0.3, 0.4) is 0 Å². The Labute approximate surface area is 204 Å². The maximum Gasteiger partial charge on any atom is 0.416 e. The molecule has 0 aliphatic heterocycles. The van der Waals surface area contributed by atoms with Gasteiger partial charge in [-0.3, -0.25) is 4.99 Å². The first-order chi connectivity index (χ1) is 15.7. The second kappa shape index (κ2) is 9.49. The van der Waals surface area contributed by atoms with Crippen molar-refractivity contribution in [2.75, 3.05) is 0 Å². The molecule has 0 aliphatic carbocycles. The van der Waals surface area contributed by atoms with E-state index in [1.807, 2.05) is 30.3 Å². The van der Waals surface area contributed by atoms with E-state index in [-0.39, 0.29) is 16.6 Å². The van der Waals surface area contributed by atoms with Gasteiger partial charge in [-0.25, -0.2) is 0 Å². The third kappa shape index (κ3) is 6.23. The Morgan fingerprint density at radius 2 is 1.41 bits per heavy atom. The van der Waals surface area contributed by atoms with Gasteiger partial charge in [0.25, 0.3) is 0 Å². The van der Waals surface area contributed by atoms with Crippen LogP contribution < -0.4 is 0 Å². The van der Waals surface area contributed by atoms with Gasteiger partial charge in [0, 0.05) is 27.1 Å². The van der Waals surface area contributed by atoms with Crippen molar-refractivity contribution in [1.29, 1.82) is 0 Å². The van der Waals surface area contributed by atoms with E-state index in [2.05, 4.69) is 52.6 Å². The Morgan fingerprint density at radius 1 is 0.794 bits per heavy atom. The number of alkyl halides is 3. The van der Waals surface area contributed by atoms with Crippen LogP contribution in [0.1, 0.15) is 63.8 Å². The number of para-hydroxylation sites is 1. The number of rotatable bonds is 4. The van der Waals surface area contributed by atoms with Crippen LogP contribution in [0.15, 0.2) is 75.4 Å². The highest BCUT2D eigenvalue weighted by atomic mass is 32.2. The molecule has 34 heavy (non-hydrogen) atoms. The van der Waals surface area contributed by atoms with E-state index < -0.39 is 11.7 Å². The number of hydrogen-bond donors (Lipinski definition) is 1. The molecule has 0 bridgehead atoms. The lowest BCUT2D eigenvalue weighted by atomic mass is 9.79. The number of aliphatic imine (C=N–C) groups is 1. The average Bonchev–Trinajstić information content (AvgIpc) is 2.72. The maximum atomic E-state index is 12.9. The van der Waals surface area contributed by atoms with Crippen molar-refractivity contribution in [3.63, 3.8) is 0 Å². The van der Waals surface area contributed by atoms with Crippen molar-refractivity contribution in [2.45, 2.75) is 68.3 Å². The van der Waals surface area contributed by atoms with Gasteiger partial charge in [-0.1, -0.05) is 71.5 Å². The zero-order valence-electron chi connectivity index (χ0n) is 20.3. The number of nitrogens with zero attached hydrogens (tertiary/aromatic N) is 1. The molecule has 2 nitrogen and oxygen atoms in total. The smallest absolute Gasteiger partial charge is 0.416 e. The monoisotopic (exact) mass is 485 g/mol. The largest absolute Gasteiger partial charge is 0.507 e. The molecular weight excluding hydrogens is 455 g/mol. The molecule has 0 unspecified atom stereocenters. The summed E-state index contributed by atoms with van der Waals surface area (Å²) in [5, 5.41) is 11.0. The topological polar surface area (TPSA) is 32.6 Å². The molecule has 0 radical (unpaired) electrons. The Kier molecular flexibility index (Phi) is 7.23. The van der Waals surface area contributed by atoms with Crippen LogP contribution in [0.25, 0.3) is 0 Å². The lowest BCUT2D eigenvalue weighted by molar-refractivity contribution is -0.137. The van der Waals surface area contributed by atoms with Crippen molar-refractivity contribution in [3.8, 4) is 5.75 Å². The third-order valence-electron chi connectivity index (χ3n) is 5.43. The van der Waals surface area contributed by atoms with Crippen LogP contribution in [-0.4, -0.2) is 11.3 Å². The van der Waals surface area contributed by atoms with E-state index in [1.54, 1.807) is 6.21 Å². The van der Waals surface area contributed by atoms with Crippen molar-refractivity contribution in [1.82, 2.24) is 0 Å². The van der Waals surface area contributed by atoms with Crippen molar-refractivity contribution < 1.29 is 18.3 Å². The quantitative estimate of drug-likeness (QED) is 0.374. The van der Waals surface area contributed by atoms with Crippen molar-refractivity contribution >= 4 is 23.7 Å². The van der Waals surface area contributed by atoms with Gasteiger partial charge in [-0.2, -0.15) is 13.2 Å². The predicted octanol–water partition coefficient (Wildman–Crippen LogP) is 8.91. The highest BCUT2D eigenvalue weighted by Crippen LogP contribution is 2.39. The summed E-state index contributed by atoms with van der Waals surface area (Å²) in [5.74, 6) is 0.206. The minimum Gasteiger partial charge on any atom is -0.507 e. The summed E-state index contributed by atoms with van der Waals surface area (Å²) in [5.41, 5.74) is 2.23. The summed E-state index contributed by atoms with van der Waals surface area (Å²) in [6, 6.07) is 16.5.